The summed E-state index contributed by atoms with van der Waals surface area (Å²) >= 11 is 0. The number of hydrogen-bond acceptors (Lipinski definition) is 2. The average molecular weight is 797 g/mol. The molecule has 298 valence electrons. The van der Waals surface area contributed by atoms with Crippen LogP contribution in [0.15, 0.2) is 194 Å². The Kier molecular flexibility index (Phi) is 7.98. The maximum Gasteiger partial charge on any atom is 0.0502 e. The Morgan fingerprint density at radius 2 is 0.597 bits per heavy atom. The van der Waals surface area contributed by atoms with Gasteiger partial charge in [0, 0.05) is 22.2 Å². The second-order valence-corrected chi connectivity index (χ2v) is 18.3. The standard InChI is InChI=1S/C60H48N2/c1-3-19-41(20-4-1)57-45-33-31-44(62-55-29-13-9-25-51(55)60(37-17-18-38-60)52-26-10-14-30-56(52)62)40-48(45)58(42-21-5-2-6-22-42)46-34-32-43(39-47(46)57)61-53-27-11-7-23-49(53)59(35-15-16-36-59)50-24-8-12-28-54(50)61/h1-14,19-34,39-40H,15-18,35-38H2. The molecule has 2 heteroatoms. The molecule has 4 aliphatic rings. The van der Waals surface area contributed by atoms with Gasteiger partial charge in [0.15, 0.2) is 0 Å². The van der Waals surface area contributed by atoms with E-state index in [-0.39, 0.29) is 10.8 Å². The van der Waals surface area contributed by atoms with Crippen molar-refractivity contribution < 1.29 is 0 Å². The van der Waals surface area contributed by atoms with Crippen molar-refractivity contribution >= 4 is 55.7 Å². The molecule has 2 nitrogen and oxygen atoms in total. The first-order valence-electron chi connectivity index (χ1n) is 22.9. The molecule has 0 atom stereocenters. The molecule has 0 amide bonds. The van der Waals surface area contributed by atoms with Gasteiger partial charge in [0.1, 0.15) is 0 Å². The first-order valence-corrected chi connectivity index (χ1v) is 22.9. The van der Waals surface area contributed by atoms with E-state index in [1.807, 2.05) is 0 Å². The summed E-state index contributed by atoms with van der Waals surface area (Å²) in [6.45, 7) is 0. The van der Waals surface area contributed by atoms with E-state index in [1.165, 1.54) is 152 Å². The Hall–Kier alpha value is -6.90. The molecule has 0 aromatic heterocycles. The molecule has 2 spiro atoms. The summed E-state index contributed by atoms with van der Waals surface area (Å²) in [5.74, 6) is 0. The van der Waals surface area contributed by atoms with E-state index in [1.54, 1.807) is 0 Å². The number of benzene rings is 9. The molecule has 62 heavy (non-hydrogen) atoms. The topological polar surface area (TPSA) is 6.48 Å². The summed E-state index contributed by atoms with van der Waals surface area (Å²) in [7, 11) is 0. The van der Waals surface area contributed by atoms with Gasteiger partial charge in [-0.15, -0.1) is 0 Å². The lowest BCUT2D eigenvalue weighted by molar-refractivity contribution is 0.530. The molecule has 9 aromatic carbocycles. The summed E-state index contributed by atoms with van der Waals surface area (Å²) in [4.78, 5) is 5.11. The minimum Gasteiger partial charge on any atom is -0.310 e. The molecule has 2 saturated carbocycles. The molecule has 2 aliphatic carbocycles. The zero-order valence-electron chi connectivity index (χ0n) is 35.0. The quantitative estimate of drug-likeness (QED) is 0.164. The molecule has 13 rings (SSSR count). The first-order chi connectivity index (χ1) is 30.7. The van der Waals surface area contributed by atoms with Gasteiger partial charge in [0.2, 0.25) is 0 Å². The highest BCUT2D eigenvalue weighted by atomic mass is 15.2. The lowest BCUT2D eigenvalue weighted by Crippen LogP contribution is -2.33. The van der Waals surface area contributed by atoms with Crippen molar-refractivity contribution in [3.05, 3.63) is 216 Å². The van der Waals surface area contributed by atoms with Gasteiger partial charge in [-0.3, -0.25) is 0 Å². The fraction of sp³-hybridized carbons (Fsp3) is 0.167. The second kappa shape index (κ2) is 13.8. The Morgan fingerprint density at radius 1 is 0.290 bits per heavy atom. The van der Waals surface area contributed by atoms with E-state index in [2.05, 4.69) is 204 Å². The summed E-state index contributed by atoms with van der Waals surface area (Å²) in [6.07, 6.45) is 9.90. The number of rotatable bonds is 4. The molecule has 9 aromatic rings. The van der Waals surface area contributed by atoms with Crippen LogP contribution in [0.3, 0.4) is 0 Å². The zero-order valence-corrected chi connectivity index (χ0v) is 35.0. The number of fused-ring (bicyclic) bond motifs is 10. The van der Waals surface area contributed by atoms with Gasteiger partial charge in [-0.1, -0.05) is 171 Å². The maximum atomic E-state index is 2.56. The van der Waals surface area contributed by atoms with Crippen LogP contribution in [0.25, 0.3) is 43.8 Å². The van der Waals surface area contributed by atoms with Gasteiger partial charge in [-0.25, -0.2) is 0 Å². The molecule has 2 heterocycles. The highest BCUT2D eigenvalue weighted by Crippen LogP contribution is 2.60. The predicted octanol–water partition coefficient (Wildman–Crippen LogP) is 16.6. The van der Waals surface area contributed by atoms with Crippen molar-refractivity contribution in [3.63, 3.8) is 0 Å². The van der Waals surface area contributed by atoms with E-state index in [4.69, 9.17) is 0 Å². The molecule has 0 saturated heterocycles. The van der Waals surface area contributed by atoms with Gasteiger partial charge < -0.3 is 9.80 Å². The smallest absolute Gasteiger partial charge is 0.0502 e. The third-order valence-electron chi connectivity index (χ3n) is 15.3. The van der Waals surface area contributed by atoms with Crippen LogP contribution in [0.2, 0.25) is 0 Å². The lowest BCUT2D eigenvalue weighted by Gasteiger charge is -2.44. The van der Waals surface area contributed by atoms with Crippen LogP contribution in [-0.4, -0.2) is 0 Å². The van der Waals surface area contributed by atoms with E-state index >= 15 is 0 Å². The van der Waals surface area contributed by atoms with Gasteiger partial charge in [0.05, 0.1) is 22.7 Å². The van der Waals surface area contributed by atoms with Crippen LogP contribution in [0.1, 0.15) is 73.6 Å². The predicted molar refractivity (Wildman–Crippen MR) is 260 cm³/mol. The number of hydrogen-bond donors (Lipinski definition) is 0. The van der Waals surface area contributed by atoms with Crippen LogP contribution in [-0.2, 0) is 10.8 Å². The van der Waals surface area contributed by atoms with Gasteiger partial charge in [-0.05, 0) is 140 Å². The monoisotopic (exact) mass is 796 g/mol. The van der Waals surface area contributed by atoms with Crippen LogP contribution in [0.5, 0.6) is 0 Å². The van der Waals surface area contributed by atoms with E-state index in [0.717, 1.165) is 0 Å². The first kappa shape index (κ1) is 35.8. The van der Waals surface area contributed by atoms with Gasteiger partial charge in [-0.2, -0.15) is 0 Å². The fourth-order valence-electron chi connectivity index (χ4n) is 12.7. The average Bonchev–Trinajstić information content (AvgIpc) is 4.04. The number of nitrogens with zero attached hydrogens (tertiary/aromatic N) is 2. The Balaban J connectivity index is 1.09. The normalized spacial score (nSPS) is 16.7. The van der Waals surface area contributed by atoms with Crippen LogP contribution < -0.4 is 9.80 Å². The van der Waals surface area contributed by atoms with Crippen LogP contribution >= 0.6 is 0 Å². The Morgan fingerprint density at radius 3 is 0.935 bits per heavy atom. The highest BCUT2D eigenvalue weighted by Gasteiger charge is 2.46. The molecule has 2 fully saturated rings. The van der Waals surface area contributed by atoms with Crippen molar-refractivity contribution in [1.29, 1.82) is 0 Å². The Labute approximate surface area is 364 Å². The lowest BCUT2D eigenvalue weighted by atomic mass is 9.69. The van der Waals surface area contributed by atoms with Crippen LogP contribution in [0, 0.1) is 0 Å². The Bertz CT molecular complexity index is 2890. The number of anilines is 6. The minimum absolute atomic E-state index is 0.0667. The second-order valence-electron chi connectivity index (χ2n) is 18.3. The van der Waals surface area contributed by atoms with Crippen LogP contribution in [0.4, 0.5) is 34.1 Å². The molecular formula is C60H48N2. The molecule has 0 unspecified atom stereocenters. The SMILES string of the molecule is c1ccc(-c2c3ccc(N4c5ccccc5C5(CCCC5)c5ccccc54)cc3c(-c3ccccc3)c3ccc(N4c5ccccc5C5(CCCC5)c5ccccc54)cc23)cc1. The van der Waals surface area contributed by atoms with Crippen molar-refractivity contribution in [1.82, 2.24) is 0 Å². The van der Waals surface area contributed by atoms with E-state index < -0.39 is 0 Å². The summed E-state index contributed by atoms with van der Waals surface area (Å²) in [5.41, 5.74) is 18.6. The molecule has 0 bridgehead atoms. The van der Waals surface area contributed by atoms with Crippen molar-refractivity contribution in [3.8, 4) is 22.3 Å². The third kappa shape index (κ3) is 5.04. The third-order valence-corrected chi connectivity index (χ3v) is 15.3. The zero-order chi connectivity index (χ0) is 40.8. The van der Waals surface area contributed by atoms with E-state index in [0.29, 0.717) is 0 Å². The summed E-state index contributed by atoms with van der Waals surface area (Å²) in [6, 6.07) is 73.8. The summed E-state index contributed by atoms with van der Waals surface area (Å²) in [5, 5.41) is 5.05. The number of para-hydroxylation sites is 4. The molecule has 2 aliphatic heterocycles. The van der Waals surface area contributed by atoms with Gasteiger partial charge >= 0.3 is 0 Å². The highest BCUT2D eigenvalue weighted by molar-refractivity contribution is 6.22. The van der Waals surface area contributed by atoms with Gasteiger partial charge in [0.25, 0.3) is 0 Å². The summed E-state index contributed by atoms with van der Waals surface area (Å²) < 4.78 is 0. The van der Waals surface area contributed by atoms with Crippen molar-refractivity contribution in [2.24, 2.45) is 0 Å². The van der Waals surface area contributed by atoms with Crippen molar-refractivity contribution in [2.75, 3.05) is 9.80 Å². The minimum atomic E-state index is 0.0667. The van der Waals surface area contributed by atoms with Crippen molar-refractivity contribution in [2.45, 2.75) is 62.2 Å². The fourth-order valence-corrected chi connectivity index (χ4v) is 12.7. The molecular weight excluding hydrogens is 749 g/mol. The van der Waals surface area contributed by atoms with E-state index in [9.17, 15) is 0 Å². The maximum absolute atomic E-state index is 2.56. The molecule has 0 radical (unpaired) electrons. The largest absolute Gasteiger partial charge is 0.310 e. The molecule has 0 N–H and O–H groups in total.